The standard InChI is InChI=1S/C14H17N3O3.C13H15N3O3/c1-16-5-6-17-12(8-16)13(18)15-11-4-3-9(20-2)7-10(11)14(17)19;1-15-4-5-16-11(7-15)12(18)14-10-3-2-8(17)6-9(10)13(16)19/h3-4,7,12H,5-6,8H2,1-2H3,(H,15,18);2-3,6,11,17H,4-5,7H2,1H3,(H,14,18). The van der Waals surface area contributed by atoms with Gasteiger partial charge in [0.2, 0.25) is 11.8 Å². The Morgan fingerprint density at radius 1 is 0.744 bits per heavy atom. The van der Waals surface area contributed by atoms with Crippen molar-refractivity contribution in [2.24, 2.45) is 0 Å². The summed E-state index contributed by atoms with van der Waals surface area (Å²) in [4.78, 5) is 56.9. The topological polar surface area (TPSA) is 135 Å². The molecule has 4 heterocycles. The van der Waals surface area contributed by atoms with Crippen LogP contribution in [0.3, 0.4) is 0 Å². The molecule has 12 nitrogen and oxygen atoms in total. The summed E-state index contributed by atoms with van der Waals surface area (Å²) in [6, 6.07) is 8.65. The molecule has 2 fully saturated rings. The monoisotopic (exact) mass is 536 g/mol. The molecule has 3 N–H and O–H groups in total. The lowest BCUT2D eigenvalue weighted by atomic mass is 10.1. The maximum absolute atomic E-state index is 12.7. The summed E-state index contributed by atoms with van der Waals surface area (Å²) in [6.07, 6.45) is 0. The predicted octanol–water partition coefficient (Wildman–Crippen LogP) is 0.504. The number of piperazine rings is 2. The van der Waals surface area contributed by atoms with Crippen molar-refractivity contribution < 1.29 is 29.0 Å². The van der Waals surface area contributed by atoms with Crippen LogP contribution in [-0.4, -0.2) is 121 Å². The molecule has 4 aliphatic rings. The van der Waals surface area contributed by atoms with Crippen LogP contribution in [0.5, 0.6) is 11.5 Å². The molecular weight excluding hydrogens is 504 g/mol. The number of methoxy groups -OCH3 is 1. The number of ether oxygens (including phenoxy) is 1. The number of hydrogen-bond donors (Lipinski definition) is 3. The molecule has 0 spiro atoms. The maximum Gasteiger partial charge on any atom is 0.256 e. The van der Waals surface area contributed by atoms with Crippen molar-refractivity contribution in [1.82, 2.24) is 19.6 Å². The minimum atomic E-state index is -0.471. The predicted molar refractivity (Wildman–Crippen MR) is 143 cm³/mol. The van der Waals surface area contributed by atoms with Gasteiger partial charge < -0.3 is 40.1 Å². The van der Waals surface area contributed by atoms with Gasteiger partial charge in [-0.15, -0.1) is 0 Å². The van der Waals surface area contributed by atoms with E-state index < -0.39 is 12.1 Å². The van der Waals surface area contributed by atoms with E-state index in [1.807, 2.05) is 19.0 Å². The second-order valence-corrected chi connectivity index (χ2v) is 10.2. The second kappa shape index (κ2) is 10.5. The van der Waals surface area contributed by atoms with Crippen molar-refractivity contribution in [3.05, 3.63) is 47.5 Å². The number of phenols is 1. The van der Waals surface area contributed by atoms with Gasteiger partial charge in [-0.25, -0.2) is 0 Å². The van der Waals surface area contributed by atoms with Gasteiger partial charge in [0.15, 0.2) is 0 Å². The minimum Gasteiger partial charge on any atom is -0.508 e. The Labute approximate surface area is 226 Å². The summed E-state index contributed by atoms with van der Waals surface area (Å²) in [5.74, 6) is 0.00343. The van der Waals surface area contributed by atoms with Crippen molar-refractivity contribution in [2.75, 3.05) is 71.1 Å². The van der Waals surface area contributed by atoms with Crippen LogP contribution < -0.4 is 15.4 Å². The molecule has 2 aromatic carbocycles. The number of carbonyl (C=O) groups is 4. The van der Waals surface area contributed by atoms with Gasteiger partial charge in [0, 0.05) is 39.3 Å². The lowest BCUT2D eigenvalue weighted by molar-refractivity contribution is -0.122. The average molecular weight is 537 g/mol. The molecule has 4 amide bonds. The molecule has 0 saturated carbocycles. The van der Waals surface area contributed by atoms with E-state index in [0.717, 1.165) is 13.1 Å². The zero-order valence-electron chi connectivity index (χ0n) is 22.1. The number of hydrogen-bond acceptors (Lipinski definition) is 8. The van der Waals surface area contributed by atoms with Gasteiger partial charge in [-0.2, -0.15) is 0 Å². The minimum absolute atomic E-state index is 0.0222. The van der Waals surface area contributed by atoms with E-state index in [4.69, 9.17) is 4.74 Å². The van der Waals surface area contributed by atoms with Crippen LogP contribution in [0.4, 0.5) is 11.4 Å². The summed E-state index contributed by atoms with van der Waals surface area (Å²) in [7, 11) is 5.44. The quantitative estimate of drug-likeness (QED) is 0.449. The third-order valence-electron chi connectivity index (χ3n) is 7.50. The molecule has 0 aromatic heterocycles. The molecule has 12 heteroatoms. The molecule has 4 aliphatic heterocycles. The van der Waals surface area contributed by atoms with Gasteiger partial charge in [-0.1, -0.05) is 0 Å². The molecule has 39 heavy (non-hydrogen) atoms. The third-order valence-corrected chi connectivity index (χ3v) is 7.50. The van der Waals surface area contributed by atoms with Crippen LogP contribution in [-0.2, 0) is 9.59 Å². The van der Waals surface area contributed by atoms with Gasteiger partial charge in [0.1, 0.15) is 23.6 Å². The zero-order chi connectivity index (χ0) is 27.8. The van der Waals surface area contributed by atoms with Gasteiger partial charge in [-0.3, -0.25) is 19.2 Å². The van der Waals surface area contributed by atoms with Crippen molar-refractivity contribution in [2.45, 2.75) is 12.1 Å². The van der Waals surface area contributed by atoms with E-state index in [0.29, 0.717) is 54.4 Å². The van der Waals surface area contributed by atoms with Crippen LogP contribution in [0.2, 0.25) is 0 Å². The fourth-order valence-corrected chi connectivity index (χ4v) is 5.27. The SMILES string of the molecule is CN1CCN2C(=O)c3cc(O)ccc3NC(=O)C2C1.COc1ccc2c(c1)C(=O)N1CCN(C)CC1C(=O)N2. The summed E-state index contributed by atoms with van der Waals surface area (Å²) in [5.41, 5.74) is 1.85. The van der Waals surface area contributed by atoms with Crippen molar-refractivity contribution in [3.8, 4) is 11.5 Å². The lowest BCUT2D eigenvalue weighted by Gasteiger charge is -2.37. The largest absolute Gasteiger partial charge is 0.508 e. The first-order valence-corrected chi connectivity index (χ1v) is 12.8. The van der Waals surface area contributed by atoms with Crippen LogP contribution in [0.25, 0.3) is 0 Å². The van der Waals surface area contributed by atoms with Crippen LogP contribution in [0.15, 0.2) is 36.4 Å². The van der Waals surface area contributed by atoms with E-state index in [1.54, 1.807) is 41.2 Å². The first-order chi connectivity index (χ1) is 18.7. The third kappa shape index (κ3) is 5.12. The number of fused-ring (bicyclic) bond motifs is 4. The normalized spacial score (nSPS) is 23.1. The maximum atomic E-state index is 12.7. The smallest absolute Gasteiger partial charge is 0.256 e. The summed E-state index contributed by atoms with van der Waals surface area (Å²) >= 11 is 0. The van der Waals surface area contributed by atoms with Gasteiger partial charge >= 0.3 is 0 Å². The number of anilines is 2. The first kappa shape index (κ1) is 26.4. The van der Waals surface area contributed by atoms with Crippen molar-refractivity contribution in [3.63, 3.8) is 0 Å². The molecule has 2 saturated heterocycles. The number of phenolic OH excluding ortho intramolecular Hbond substituents is 1. The molecule has 2 aromatic rings. The van der Waals surface area contributed by atoms with Crippen molar-refractivity contribution >= 4 is 35.0 Å². The highest BCUT2D eigenvalue weighted by Gasteiger charge is 2.39. The van der Waals surface area contributed by atoms with Gasteiger partial charge in [-0.05, 0) is 50.5 Å². The molecule has 0 aliphatic carbocycles. The zero-order valence-corrected chi connectivity index (χ0v) is 22.1. The summed E-state index contributed by atoms with van der Waals surface area (Å²) < 4.78 is 5.16. The Bertz CT molecular complexity index is 1330. The molecular formula is C27H32N6O6. The van der Waals surface area contributed by atoms with Crippen LogP contribution in [0, 0.1) is 0 Å². The Morgan fingerprint density at radius 2 is 1.23 bits per heavy atom. The number of nitrogens with one attached hydrogen (secondary N) is 2. The van der Waals surface area contributed by atoms with E-state index in [2.05, 4.69) is 15.5 Å². The highest BCUT2D eigenvalue weighted by atomic mass is 16.5. The first-order valence-electron chi connectivity index (χ1n) is 12.8. The number of carbonyl (C=O) groups excluding carboxylic acids is 4. The Balaban J connectivity index is 0.000000158. The number of rotatable bonds is 1. The van der Waals surface area contributed by atoms with Crippen LogP contribution in [0.1, 0.15) is 20.7 Å². The summed E-state index contributed by atoms with van der Waals surface area (Å²) in [6.45, 7) is 3.67. The van der Waals surface area contributed by atoms with Gasteiger partial charge in [0.05, 0.1) is 29.6 Å². The Hall–Kier alpha value is -4.16. The van der Waals surface area contributed by atoms with E-state index >= 15 is 0 Å². The van der Waals surface area contributed by atoms with E-state index in [1.165, 1.54) is 12.1 Å². The van der Waals surface area contributed by atoms with Crippen molar-refractivity contribution in [1.29, 1.82) is 0 Å². The average Bonchev–Trinajstić information content (AvgIpc) is 3.09. The molecule has 0 radical (unpaired) electrons. The molecule has 6 rings (SSSR count). The second-order valence-electron chi connectivity index (χ2n) is 10.2. The number of nitrogens with zero attached hydrogens (tertiary/aromatic N) is 4. The molecule has 2 atom stereocenters. The molecule has 0 bridgehead atoms. The van der Waals surface area contributed by atoms with Gasteiger partial charge in [0.25, 0.3) is 11.8 Å². The highest BCUT2D eigenvalue weighted by Crippen LogP contribution is 2.29. The fraction of sp³-hybridized carbons (Fsp3) is 0.407. The molecule has 2 unspecified atom stereocenters. The number of benzene rings is 2. The number of likely N-dealkylation sites (N-methyl/N-ethyl adjacent to an activating group) is 2. The number of amides is 4. The Morgan fingerprint density at radius 3 is 1.74 bits per heavy atom. The van der Waals surface area contributed by atoms with E-state index in [-0.39, 0.29) is 29.4 Å². The fourth-order valence-electron chi connectivity index (χ4n) is 5.27. The Kier molecular flexibility index (Phi) is 7.15. The van der Waals surface area contributed by atoms with Crippen LogP contribution >= 0.6 is 0 Å². The molecule has 206 valence electrons. The van der Waals surface area contributed by atoms with E-state index in [9.17, 15) is 24.3 Å². The summed E-state index contributed by atoms with van der Waals surface area (Å²) in [5, 5.41) is 15.1. The highest BCUT2D eigenvalue weighted by molar-refractivity contribution is 6.11. The number of aromatic hydroxyl groups is 1. The lowest BCUT2D eigenvalue weighted by Crippen LogP contribution is -2.57.